The summed E-state index contributed by atoms with van der Waals surface area (Å²) in [6.45, 7) is -4.96. The molecule has 2 heterocycles. The molecule has 2 saturated heterocycles. The van der Waals surface area contributed by atoms with Crippen LogP contribution in [0.15, 0.2) is 66.7 Å². The maximum atomic E-state index is 13.2. The minimum atomic E-state index is -3.03. The van der Waals surface area contributed by atoms with Gasteiger partial charge in [0.25, 0.3) is 0 Å². The fourth-order valence-electron chi connectivity index (χ4n) is 5.88. The molecule has 12 heteroatoms. The fraction of sp³-hybridized carbons (Fsp3) is 0.412. The third kappa shape index (κ3) is 7.66. The van der Waals surface area contributed by atoms with E-state index < -0.39 is 13.2 Å². The van der Waals surface area contributed by atoms with Crippen molar-refractivity contribution in [2.24, 2.45) is 5.92 Å². The molecule has 3 fully saturated rings. The minimum Gasteiger partial charge on any atom is -0.489 e. The second-order valence-corrected chi connectivity index (χ2v) is 11.8. The monoisotopic (exact) mass is 642 g/mol. The summed E-state index contributed by atoms with van der Waals surface area (Å²) in [6, 6.07) is 18.9. The first-order chi connectivity index (χ1) is 22.2. The van der Waals surface area contributed by atoms with Crippen molar-refractivity contribution in [2.45, 2.75) is 57.2 Å². The number of hydrazine groups is 1. The molecule has 1 saturated carbocycles. The Morgan fingerprint density at radius 2 is 1.20 bits per heavy atom. The second kappa shape index (κ2) is 13.9. The number of hydrogen-bond donors (Lipinski definition) is 0. The predicted octanol–water partition coefficient (Wildman–Crippen LogP) is 6.55. The molecule has 8 nitrogen and oxygen atoms in total. The van der Waals surface area contributed by atoms with Crippen molar-refractivity contribution in [1.82, 2.24) is 10.0 Å². The lowest BCUT2D eigenvalue weighted by Crippen LogP contribution is -2.44. The van der Waals surface area contributed by atoms with Crippen molar-refractivity contribution in [2.75, 3.05) is 26.3 Å². The van der Waals surface area contributed by atoms with Gasteiger partial charge in [-0.2, -0.15) is 17.6 Å². The molecule has 3 aliphatic rings. The lowest BCUT2D eigenvalue weighted by Gasteiger charge is -2.28. The van der Waals surface area contributed by atoms with Gasteiger partial charge in [-0.15, -0.1) is 0 Å². The van der Waals surface area contributed by atoms with Crippen molar-refractivity contribution >= 4 is 11.8 Å². The Morgan fingerprint density at radius 3 is 1.70 bits per heavy atom. The Morgan fingerprint density at radius 1 is 0.674 bits per heavy atom. The van der Waals surface area contributed by atoms with Crippen molar-refractivity contribution in [3.8, 4) is 23.0 Å². The number of benzene rings is 3. The molecule has 3 aromatic carbocycles. The van der Waals surface area contributed by atoms with E-state index in [1.165, 1.54) is 22.2 Å². The highest BCUT2D eigenvalue weighted by atomic mass is 19.3. The zero-order valence-corrected chi connectivity index (χ0v) is 25.0. The summed E-state index contributed by atoms with van der Waals surface area (Å²) in [6.07, 6.45) is 2.86. The molecule has 0 radical (unpaired) electrons. The van der Waals surface area contributed by atoms with Crippen LogP contribution in [0.4, 0.5) is 17.6 Å². The number of carbonyl (C=O) groups is 2. The van der Waals surface area contributed by atoms with Crippen molar-refractivity contribution in [3.63, 3.8) is 0 Å². The van der Waals surface area contributed by atoms with Crippen LogP contribution in [0.5, 0.6) is 23.0 Å². The van der Waals surface area contributed by atoms with E-state index in [2.05, 4.69) is 9.47 Å². The van der Waals surface area contributed by atoms with Gasteiger partial charge in [0.1, 0.15) is 0 Å². The van der Waals surface area contributed by atoms with Crippen molar-refractivity contribution in [1.29, 1.82) is 0 Å². The Labute approximate surface area is 263 Å². The molecule has 0 bridgehead atoms. The summed E-state index contributed by atoms with van der Waals surface area (Å²) < 4.78 is 73.2. The van der Waals surface area contributed by atoms with Gasteiger partial charge in [-0.05, 0) is 59.7 Å². The molecule has 0 spiro atoms. The standard InChI is InChI=1S/C34H34F4N2O6/c35-33(36)45-27-10-8-23(14-29(27)43-13-12-21-4-2-1-3-5-21)25-16-31(41)39(18-25)40-19-26(17-32(40)42)24-9-11-28(46-34(37)38)30(15-24)44-20-22-6-7-22/h1-5,8-11,14-15,22,25-26,33-34H,6-7,12-13,16-20H2. The van der Waals surface area contributed by atoms with Crippen LogP contribution >= 0.6 is 0 Å². The summed E-state index contributed by atoms with van der Waals surface area (Å²) in [5, 5.41) is 2.87. The first-order valence-electron chi connectivity index (χ1n) is 15.3. The Kier molecular flexibility index (Phi) is 9.51. The van der Waals surface area contributed by atoms with E-state index in [0.29, 0.717) is 24.5 Å². The van der Waals surface area contributed by atoms with Crippen LogP contribution in [0, 0.1) is 5.92 Å². The number of halogens is 4. The van der Waals surface area contributed by atoms with Gasteiger partial charge in [-0.3, -0.25) is 19.6 Å². The summed E-state index contributed by atoms with van der Waals surface area (Å²) >= 11 is 0. The summed E-state index contributed by atoms with van der Waals surface area (Å²) in [7, 11) is 0. The van der Waals surface area contributed by atoms with Gasteiger partial charge >= 0.3 is 13.2 Å². The zero-order valence-electron chi connectivity index (χ0n) is 25.0. The van der Waals surface area contributed by atoms with Crippen LogP contribution in [0.1, 0.15) is 54.2 Å². The predicted molar refractivity (Wildman–Crippen MR) is 158 cm³/mol. The van der Waals surface area contributed by atoms with E-state index in [4.69, 9.17) is 9.47 Å². The molecule has 46 heavy (non-hydrogen) atoms. The van der Waals surface area contributed by atoms with Crippen LogP contribution in [0.2, 0.25) is 0 Å². The number of alkyl halides is 4. The lowest BCUT2D eigenvalue weighted by atomic mass is 9.98. The number of ether oxygens (including phenoxy) is 4. The molecule has 1 aliphatic carbocycles. The molecule has 2 amide bonds. The summed E-state index contributed by atoms with van der Waals surface area (Å²) in [4.78, 5) is 26.3. The highest BCUT2D eigenvalue weighted by molar-refractivity contribution is 5.86. The molecule has 2 atom stereocenters. The normalized spacial score (nSPS) is 19.8. The first-order valence-corrected chi connectivity index (χ1v) is 15.3. The van der Waals surface area contributed by atoms with E-state index in [1.54, 1.807) is 24.3 Å². The summed E-state index contributed by atoms with van der Waals surface area (Å²) in [5.41, 5.74) is 2.45. The molecule has 2 unspecified atom stereocenters. The van der Waals surface area contributed by atoms with Gasteiger partial charge in [0.2, 0.25) is 11.8 Å². The van der Waals surface area contributed by atoms with E-state index >= 15 is 0 Å². The van der Waals surface area contributed by atoms with Gasteiger partial charge in [0, 0.05) is 31.1 Å². The first kappa shape index (κ1) is 31.5. The number of amides is 2. The maximum absolute atomic E-state index is 13.2. The Bertz CT molecular complexity index is 1540. The van der Waals surface area contributed by atoms with Crippen LogP contribution < -0.4 is 18.9 Å². The highest BCUT2D eigenvalue weighted by Gasteiger charge is 2.42. The van der Waals surface area contributed by atoms with Gasteiger partial charge in [0.15, 0.2) is 23.0 Å². The Balaban J connectivity index is 1.13. The molecule has 6 rings (SSSR count). The zero-order chi connectivity index (χ0) is 32.2. The molecular weight excluding hydrogens is 608 g/mol. The SMILES string of the molecule is O=C1CC(c2ccc(OC(F)F)c(OCCc3ccccc3)c2)CN1N1CC(c2ccc(OC(F)F)c(OCC3CC3)c2)CC1=O. The maximum Gasteiger partial charge on any atom is 0.387 e. The fourth-order valence-corrected chi connectivity index (χ4v) is 5.88. The third-order valence-corrected chi connectivity index (χ3v) is 8.47. The number of rotatable bonds is 14. The van der Waals surface area contributed by atoms with E-state index in [0.717, 1.165) is 24.0 Å². The van der Waals surface area contributed by atoms with Crippen LogP contribution in [0.3, 0.4) is 0 Å². The Hall–Kier alpha value is -4.48. The molecule has 3 aromatic rings. The van der Waals surface area contributed by atoms with Crippen molar-refractivity contribution < 1.29 is 46.1 Å². The average molecular weight is 643 g/mol. The molecule has 244 valence electrons. The average Bonchev–Trinajstić information content (AvgIpc) is 3.67. The topological polar surface area (TPSA) is 77.5 Å². The van der Waals surface area contributed by atoms with E-state index in [1.807, 2.05) is 30.3 Å². The summed E-state index contributed by atoms with van der Waals surface area (Å²) in [5.74, 6) is -0.507. The van der Waals surface area contributed by atoms with Gasteiger partial charge in [-0.25, -0.2) is 0 Å². The second-order valence-electron chi connectivity index (χ2n) is 11.8. The highest BCUT2D eigenvalue weighted by Crippen LogP contribution is 2.40. The van der Waals surface area contributed by atoms with Crippen LogP contribution in [0.25, 0.3) is 0 Å². The lowest BCUT2D eigenvalue weighted by molar-refractivity contribution is -0.155. The largest absolute Gasteiger partial charge is 0.489 e. The number of nitrogens with zero attached hydrogens (tertiary/aromatic N) is 2. The van der Waals surface area contributed by atoms with Gasteiger partial charge in [-0.1, -0.05) is 42.5 Å². The van der Waals surface area contributed by atoms with E-state index in [-0.39, 0.29) is 79.2 Å². The molecule has 2 aliphatic heterocycles. The number of hydrogen-bond acceptors (Lipinski definition) is 6. The smallest absolute Gasteiger partial charge is 0.387 e. The molecule has 0 aromatic heterocycles. The molecule has 0 N–H and O–H groups in total. The van der Waals surface area contributed by atoms with E-state index in [9.17, 15) is 27.2 Å². The number of carbonyl (C=O) groups excluding carboxylic acids is 2. The minimum absolute atomic E-state index is 0.0634. The van der Waals surface area contributed by atoms with Crippen LogP contribution in [-0.2, 0) is 16.0 Å². The van der Waals surface area contributed by atoms with Gasteiger partial charge in [0.05, 0.1) is 26.3 Å². The molecular formula is C34H34F4N2O6. The third-order valence-electron chi connectivity index (χ3n) is 8.47. The van der Waals surface area contributed by atoms with Crippen molar-refractivity contribution in [3.05, 3.63) is 83.4 Å². The van der Waals surface area contributed by atoms with Crippen LogP contribution in [-0.4, -0.2) is 61.4 Å². The van der Waals surface area contributed by atoms with Gasteiger partial charge < -0.3 is 18.9 Å². The quantitative estimate of drug-likeness (QED) is 0.186.